The fourth-order valence-corrected chi connectivity index (χ4v) is 1.09. The standard InChI is InChI=1S/C10H17N3O/c1-7-12-8(5-9(14)13-7)6-11-10(2,3)4/h5,11H,6H2,1-4H3,(H,12,13,14). The summed E-state index contributed by atoms with van der Waals surface area (Å²) >= 11 is 0. The van der Waals surface area contributed by atoms with E-state index in [-0.39, 0.29) is 11.1 Å². The minimum Gasteiger partial charge on any atom is -0.311 e. The molecule has 14 heavy (non-hydrogen) atoms. The summed E-state index contributed by atoms with van der Waals surface area (Å²) in [7, 11) is 0. The Hall–Kier alpha value is -1.16. The molecule has 0 unspecified atom stereocenters. The van der Waals surface area contributed by atoms with Crippen LogP contribution in [0.4, 0.5) is 0 Å². The summed E-state index contributed by atoms with van der Waals surface area (Å²) < 4.78 is 0. The first-order chi connectivity index (χ1) is 6.37. The summed E-state index contributed by atoms with van der Waals surface area (Å²) in [4.78, 5) is 17.9. The van der Waals surface area contributed by atoms with E-state index >= 15 is 0 Å². The maximum absolute atomic E-state index is 11.1. The molecule has 0 atom stereocenters. The summed E-state index contributed by atoms with van der Waals surface area (Å²) in [6, 6.07) is 1.52. The fraction of sp³-hybridized carbons (Fsp3) is 0.600. The van der Waals surface area contributed by atoms with Crippen LogP contribution in [0.5, 0.6) is 0 Å². The summed E-state index contributed by atoms with van der Waals surface area (Å²) in [5.41, 5.74) is 0.724. The molecule has 0 bridgehead atoms. The lowest BCUT2D eigenvalue weighted by molar-refractivity contribution is 0.420. The minimum absolute atomic E-state index is 0.0399. The first-order valence-electron chi connectivity index (χ1n) is 4.69. The van der Waals surface area contributed by atoms with Gasteiger partial charge in [-0.3, -0.25) is 4.79 Å². The summed E-state index contributed by atoms with van der Waals surface area (Å²) in [5.74, 6) is 0.656. The van der Waals surface area contributed by atoms with Gasteiger partial charge in [-0.05, 0) is 27.7 Å². The van der Waals surface area contributed by atoms with Gasteiger partial charge in [-0.25, -0.2) is 4.98 Å². The third kappa shape index (κ3) is 3.70. The molecule has 0 aliphatic carbocycles. The van der Waals surface area contributed by atoms with Crippen LogP contribution in [0.2, 0.25) is 0 Å². The SMILES string of the molecule is Cc1nc(CNC(C)(C)C)cc(=O)[nH]1. The van der Waals surface area contributed by atoms with Crippen LogP contribution >= 0.6 is 0 Å². The van der Waals surface area contributed by atoms with Gasteiger partial charge in [0.05, 0.1) is 5.69 Å². The Morgan fingerprint density at radius 2 is 2.14 bits per heavy atom. The molecule has 1 rings (SSSR count). The molecule has 78 valence electrons. The van der Waals surface area contributed by atoms with Crippen LogP contribution in [-0.2, 0) is 6.54 Å². The van der Waals surface area contributed by atoms with E-state index in [1.54, 1.807) is 6.92 Å². The predicted molar refractivity (Wildman–Crippen MR) is 56.2 cm³/mol. The zero-order chi connectivity index (χ0) is 10.8. The molecule has 0 aromatic carbocycles. The summed E-state index contributed by atoms with van der Waals surface area (Å²) in [5, 5.41) is 3.28. The van der Waals surface area contributed by atoms with Gasteiger partial charge < -0.3 is 10.3 Å². The maximum atomic E-state index is 11.1. The van der Waals surface area contributed by atoms with Crippen molar-refractivity contribution in [1.82, 2.24) is 15.3 Å². The van der Waals surface area contributed by atoms with E-state index in [4.69, 9.17) is 0 Å². The quantitative estimate of drug-likeness (QED) is 0.739. The third-order valence-corrected chi connectivity index (χ3v) is 1.71. The van der Waals surface area contributed by atoms with Gasteiger partial charge in [0, 0.05) is 18.2 Å². The zero-order valence-corrected chi connectivity index (χ0v) is 9.14. The highest BCUT2D eigenvalue weighted by Crippen LogP contribution is 2.00. The van der Waals surface area contributed by atoms with Gasteiger partial charge in [0.25, 0.3) is 5.56 Å². The maximum Gasteiger partial charge on any atom is 0.251 e. The van der Waals surface area contributed by atoms with Gasteiger partial charge in [0.2, 0.25) is 0 Å². The lowest BCUT2D eigenvalue weighted by Crippen LogP contribution is -2.35. The molecular weight excluding hydrogens is 178 g/mol. The van der Waals surface area contributed by atoms with Crippen LogP contribution in [0.25, 0.3) is 0 Å². The third-order valence-electron chi connectivity index (χ3n) is 1.71. The van der Waals surface area contributed by atoms with E-state index < -0.39 is 0 Å². The molecule has 2 N–H and O–H groups in total. The van der Waals surface area contributed by atoms with Gasteiger partial charge in [0.15, 0.2) is 0 Å². The van der Waals surface area contributed by atoms with Crippen molar-refractivity contribution in [2.45, 2.75) is 39.8 Å². The molecule has 0 aliphatic heterocycles. The molecule has 0 spiro atoms. The molecule has 0 saturated heterocycles. The minimum atomic E-state index is -0.0943. The van der Waals surface area contributed by atoms with Crippen LogP contribution in [0.15, 0.2) is 10.9 Å². The van der Waals surface area contributed by atoms with Crippen molar-refractivity contribution < 1.29 is 0 Å². The molecule has 4 nitrogen and oxygen atoms in total. The number of aryl methyl sites for hydroxylation is 1. The first kappa shape index (κ1) is 10.9. The number of nitrogens with one attached hydrogen (secondary N) is 2. The van der Waals surface area contributed by atoms with Crippen molar-refractivity contribution in [3.8, 4) is 0 Å². The lowest BCUT2D eigenvalue weighted by atomic mass is 10.1. The van der Waals surface area contributed by atoms with E-state index in [1.165, 1.54) is 6.07 Å². The van der Waals surface area contributed by atoms with Crippen molar-refractivity contribution in [1.29, 1.82) is 0 Å². The molecule has 1 heterocycles. The van der Waals surface area contributed by atoms with E-state index in [9.17, 15) is 4.79 Å². The Balaban J connectivity index is 2.73. The van der Waals surface area contributed by atoms with Crippen molar-refractivity contribution >= 4 is 0 Å². The van der Waals surface area contributed by atoms with Gasteiger partial charge in [0.1, 0.15) is 5.82 Å². The van der Waals surface area contributed by atoms with E-state index in [1.807, 2.05) is 0 Å². The highest BCUT2D eigenvalue weighted by molar-refractivity contribution is 5.02. The van der Waals surface area contributed by atoms with Gasteiger partial charge in [-0.2, -0.15) is 0 Å². The van der Waals surface area contributed by atoms with E-state index in [2.05, 4.69) is 36.1 Å². The summed E-state index contributed by atoms with van der Waals surface area (Å²) in [6.45, 7) is 8.63. The molecule has 0 radical (unpaired) electrons. The monoisotopic (exact) mass is 195 g/mol. The Morgan fingerprint density at radius 1 is 1.50 bits per heavy atom. The van der Waals surface area contributed by atoms with Crippen LogP contribution in [0, 0.1) is 6.92 Å². The second-order valence-corrected chi connectivity index (χ2v) is 4.43. The van der Waals surface area contributed by atoms with Crippen molar-refractivity contribution in [3.05, 3.63) is 27.9 Å². The van der Waals surface area contributed by atoms with Crippen LogP contribution in [0.1, 0.15) is 32.3 Å². The Morgan fingerprint density at radius 3 is 2.64 bits per heavy atom. The van der Waals surface area contributed by atoms with Crippen molar-refractivity contribution in [2.24, 2.45) is 0 Å². The molecule has 0 aliphatic rings. The molecule has 1 aromatic heterocycles. The normalized spacial score (nSPS) is 11.7. The number of nitrogens with zero attached hydrogens (tertiary/aromatic N) is 1. The number of hydrogen-bond acceptors (Lipinski definition) is 3. The number of rotatable bonds is 2. The number of aromatic amines is 1. The smallest absolute Gasteiger partial charge is 0.251 e. The number of hydrogen-bond donors (Lipinski definition) is 2. The first-order valence-corrected chi connectivity index (χ1v) is 4.69. The molecular formula is C10H17N3O. The van der Waals surface area contributed by atoms with Crippen molar-refractivity contribution in [2.75, 3.05) is 0 Å². The lowest BCUT2D eigenvalue weighted by Gasteiger charge is -2.20. The Bertz CT molecular complexity index is 362. The Kier molecular flexibility index (Phi) is 3.06. The Labute approximate surface area is 83.8 Å². The number of aromatic nitrogens is 2. The van der Waals surface area contributed by atoms with Gasteiger partial charge in [-0.15, -0.1) is 0 Å². The fourth-order valence-electron chi connectivity index (χ4n) is 1.09. The predicted octanol–water partition coefficient (Wildman–Crippen LogP) is 0.966. The average Bonchev–Trinajstić information content (AvgIpc) is 1.97. The van der Waals surface area contributed by atoms with E-state index in [0.717, 1.165) is 5.69 Å². The zero-order valence-electron chi connectivity index (χ0n) is 9.14. The number of H-pyrrole nitrogens is 1. The molecule has 1 aromatic rings. The van der Waals surface area contributed by atoms with Crippen molar-refractivity contribution in [3.63, 3.8) is 0 Å². The molecule has 0 amide bonds. The van der Waals surface area contributed by atoms with Crippen LogP contribution in [0.3, 0.4) is 0 Å². The highest BCUT2D eigenvalue weighted by atomic mass is 16.1. The highest BCUT2D eigenvalue weighted by Gasteiger charge is 2.09. The second kappa shape index (κ2) is 3.92. The molecule has 0 fully saturated rings. The molecule has 0 saturated carbocycles. The van der Waals surface area contributed by atoms with E-state index in [0.29, 0.717) is 12.4 Å². The molecule has 4 heteroatoms. The topological polar surface area (TPSA) is 57.8 Å². The summed E-state index contributed by atoms with van der Waals surface area (Å²) in [6.07, 6.45) is 0. The van der Waals surface area contributed by atoms with Crippen LogP contribution < -0.4 is 10.9 Å². The largest absolute Gasteiger partial charge is 0.311 e. The van der Waals surface area contributed by atoms with Crippen LogP contribution in [-0.4, -0.2) is 15.5 Å². The average molecular weight is 195 g/mol. The second-order valence-electron chi connectivity index (χ2n) is 4.43. The van der Waals surface area contributed by atoms with Gasteiger partial charge in [-0.1, -0.05) is 0 Å². The van der Waals surface area contributed by atoms with Gasteiger partial charge >= 0.3 is 0 Å².